The third-order valence-corrected chi connectivity index (χ3v) is 5.84. The first-order valence-electron chi connectivity index (χ1n) is 8.40. The highest BCUT2D eigenvalue weighted by molar-refractivity contribution is 7.23. The largest absolute Gasteiger partial charge is 0.506 e. The molecule has 0 amide bonds. The van der Waals surface area contributed by atoms with E-state index in [1.54, 1.807) is 38.5 Å². The number of methoxy groups -OCH3 is 2. The minimum atomic E-state index is -0.368. The van der Waals surface area contributed by atoms with Crippen LogP contribution in [0.2, 0.25) is 4.34 Å². The van der Waals surface area contributed by atoms with Gasteiger partial charge in [0.1, 0.15) is 14.9 Å². The molecule has 0 aliphatic rings. The van der Waals surface area contributed by atoms with Crippen LogP contribution in [0.3, 0.4) is 0 Å². The quantitative estimate of drug-likeness (QED) is 0.476. The Morgan fingerprint density at radius 3 is 2.36 bits per heavy atom. The molecule has 2 aromatic carbocycles. The smallest absolute Gasteiger partial charge is 0.260 e. The third-order valence-electron chi connectivity index (χ3n) is 4.53. The van der Waals surface area contributed by atoms with Crippen LogP contribution in [0, 0.1) is 0 Å². The van der Waals surface area contributed by atoms with Gasteiger partial charge in [0.25, 0.3) is 5.56 Å². The number of aromatic hydroxyl groups is 1. The van der Waals surface area contributed by atoms with E-state index in [0.717, 1.165) is 5.56 Å². The van der Waals surface area contributed by atoms with Gasteiger partial charge in [-0.3, -0.25) is 4.79 Å². The van der Waals surface area contributed by atoms with Crippen molar-refractivity contribution in [3.63, 3.8) is 0 Å². The van der Waals surface area contributed by atoms with E-state index in [4.69, 9.17) is 21.1 Å². The van der Waals surface area contributed by atoms with Gasteiger partial charge < -0.3 is 19.6 Å². The second-order valence-electron chi connectivity index (χ2n) is 6.07. The lowest BCUT2D eigenvalue weighted by atomic mass is 10.0. The molecule has 0 unspecified atom stereocenters. The van der Waals surface area contributed by atoms with Crippen molar-refractivity contribution in [2.75, 3.05) is 14.2 Å². The number of hydrogen-bond donors (Lipinski definition) is 2. The van der Waals surface area contributed by atoms with Gasteiger partial charge in [0.2, 0.25) is 0 Å². The Hall–Kier alpha value is -2.96. The first-order chi connectivity index (χ1) is 13.5. The maximum atomic E-state index is 12.6. The van der Waals surface area contributed by atoms with Gasteiger partial charge in [-0.1, -0.05) is 48.0 Å². The highest BCUT2D eigenvalue weighted by Crippen LogP contribution is 2.48. The van der Waals surface area contributed by atoms with Crippen LogP contribution in [0.4, 0.5) is 0 Å². The van der Waals surface area contributed by atoms with Crippen molar-refractivity contribution in [2.45, 2.75) is 0 Å². The number of halogens is 1. The maximum Gasteiger partial charge on any atom is 0.260 e. The summed E-state index contributed by atoms with van der Waals surface area (Å²) in [5.74, 6) is 1.03. The number of ether oxygens (including phenoxy) is 2. The fourth-order valence-corrected chi connectivity index (χ4v) is 4.62. The molecule has 0 saturated heterocycles. The number of benzene rings is 2. The molecule has 0 atom stereocenters. The molecule has 4 aromatic rings. The van der Waals surface area contributed by atoms with Crippen molar-refractivity contribution in [3.05, 3.63) is 63.2 Å². The van der Waals surface area contributed by atoms with E-state index < -0.39 is 0 Å². The summed E-state index contributed by atoms with van der Waals surface area (Å²) < 4.78 is 11.1. The molecule has 2 heterocycles. The van der Waals surface area contributed by atoms with Crippen LogP contribution in [-0.4, -0.2) is 24.3 Å². The number of fused-ring (bicyclic) bond motifs is 1. The van der Waals surface area contributed by atoms with Crippen LogP contribution in [0.15, 0.2) is 53.3 Å². The average molecular weight is 414 g/mol. The Morgan fingerprint density at radius 2 is 1.68 bits per heavy atom. The zero-order valence-corrected chi connectivity index (χ0v) is 16.6. The molecular weight excluding hydrogens is 398 g/mol. The number of H-pyrrole nitrogens is 1. The highest BCUT2D eigenvalue weighted by atomic mass is 35.5. The minimum absolute atomic E-state index is 0.0992. The summed E-state index contributed by atoms with van der Waals surface area (Å²) in [6.45, 7) is 0. The van der Waals surface area contributed by atoms with Crippen molar-refractivity contribution >= 4 is 33.2 Å². The topological polar surface area (TPSA) is 71.6 Å². The van der Waals surface area contributed by atoms with Crippen LogP contribution in [0.1, 0.15) is 0 Å². The fourth-order valence-electron chi connectivity index (χ4n) is 3.24. The summed E-state index contributed by atoms with van der Waals surface area (Å²) in [5.41, 5.74) is 1.85. The monoisotopic (exact) mass is 413 g/mol. The molecule has 5 nitrogen and oxygen atoms in total. The molecule has 0 aliphatic heterocycles. The molecule has 7 heteroatoms. The Labute approximate surface area is 169 Å². The Bertz CT molecular complexity index is 1230. The van der Waals surface area contributed by atoms with Crippen molar-refractivity contribution in [3.8, 4) is 39.5 Å². The van der Waals surface area contributed by atoms with Crippen LogP contribution in [0.5, 0.6) is 17.2 Å². The zero-order chi connectivity index (χ0) is 19.8. The van der Waals surface area contributed by atoms with E-state index in [2.05, 4.69) is 4.98 Å². The van der Waals surface area contributed by atoms with E-state index in [9.17, 15) is 9.90 Å². The molecule has 4 rings (SSSR count). The average Bonchev–Trinajstić information content (AvgIpc) is 3.04. The van der Waals surface area contributed by atoms with Crippen LogP contribution in [-0.2, 0) is 0 Å². The Balaban J connectivity index is 2.03. The fraction of sp³-hybridized carbons (Fsp3) is 0.0952. The lowest BCUT2D eigenvalue weighted by molar-refractivity contribution is 0.355. The normalized spacial score (nSPS) is 11.0. The summed E-state index contributed by atoms with van der Waals surface area (Å²) >= 11 is 7.71. The first kappa shape index (κ1) is 18.4. The van der Waals surface area contributed by atoms with Crippen LogP contribution < -0.4 is 15.0 Å². The van der Waals surface area contributed by atoms with Gasteiger partial charge in [0.15, 0.2) is 11.5 Å². The second-order valence-corrected chi connectivity index (χ2v) is 7.69. The van der Waals surface area contributed by atoms with E-state index in [1.807, 2.05) is 24.3 Å². The Morgan fingerprint density at radius 1 is 0.964 bits per heavy atom. The lowest BCUT2D eigenvalue weighted by Gasteiger charge is -2.11. The zero-order valence-electron chi connectivity index (χ0n) is 15.1. The van der Waals surface area contributed by atoms with Gasteiger partial charge in [-0.2, -0.15) is 0 Å². The molecule has 2 N–H and O–H groups in total. The molecule has 0 saturated carbocycles. The van der Waals surface area contributed by atoms with Gasteiger partial charge in [0.05, 0.1) is 25.2 Å². The van der Waals surface area contributed by atoms with Gasteiger partial charge >= 0.3 is 0 Å². The molecule has 0 spiro atoms. The highest BCUT2D eigenvalue weighted by Gasteiger charge is 2.22. The van der Waals surface area contributed by atoms with Crippen molar-refractivity contribution < 1.29 is 14.6 Å². The van der Waals surface area contributed by atoms with Gasteiger partial charge in [-0.25, -0.2) is 0 Å². The first-order valence-corrected chi connectivity index (χ1v) is 9.59. The molecule has 0 fully saturated rings. The van der Waals surface area contributed by atoms with Crippen molar-refractivity contribution in [1.82, 2.24) is 4.98 Å². The summed E-state index contributed by atoms with van der Waals surface area (Å²) in [5, 5.41) is 11.5. The maximum absolute atomic E-state index is 12.6. The van der Waals surface area contributed by atoms with Crippen LogP contribution >= 0.6 is 22.9 Å². The number of pyridine rings is 1. The molecule has 0 radical (unpaired) electrons. The van der Waals surface area contributed by atoms with E-state index in [1.165, 1.54) is 11.3 Å². The predicted octanol–water partition coefficient (Wildman–Crippen LogP) is 5.30. The Kier molecular flexibility index (Phi) is 4.75. The molecular formula is C21H16ClNO4S. The summed E-state index contributed by atoms with van der Waals surface area (Å²) in [6, 6.07) is 14.4. The molecule has 28 heavy (non-hydrogen) atoms. The summed E-state index contributed by atoms with van der Waals surface area (Å²) in [6.07, 6.45) is 0. The summed E-state index contributed by atoms with van der Waals surface area (Å²) in [7, 11) is 3.12. The molecule has 142 valence electrons. The summed E-state index contributed by atoms with van der Waals surface area (Å²) in [4.78, 5) is 16.0. The minimum Gasteiger partial charge on any atom is -0.506 e. The van der Waals surface area contributed by atoms with E-state index in [0.29, 0.717) is 37.2 Å². The van der Waals surface area contributed by atoms with Crippen LogP contribution in [0.25, 0.3) is 32.5 Å². The number of thiophene rings is 1. The predicted molar refractivity (Wildman–Crippen MR) is 113 cm³/mol. The van der Waals surface area contributed by atoms with Gasteiger partial charge in [0, 0.05) is 5.56 Å². The SMILES string of the molecule is COc1ccc(-c2c(Cl)sc3[nH]c(=O)c(-c4ccccc4)c(O)c23)cc1OC. The lowest BCUT2D eigenvalue weighted by Crippen LogP contribution is -2.08. The number of nitrogens with one attached hydrogen (secondary N) is 1. The molecule has 0 bridgehead atoms. The second kappa shape index (κ2) is 7.22. The molecule has 0 aliphatic carbocycles. The standard InChI is InChI=1S/C21H16ClNO4S/c1-26-13-9-8-12(10-14(13)27-2)15-17-18(24)16(11-6-4-3-5-7-11)20(25)23-21(17)28-19(15)22/h3-10H,1-2H3,(H2,23,24,25). The number of aromatic nitrogens is 1. The molecule has 2 aromatic heterocycles. The van der Waals surface area contributed by atoms with Gasteiger partial charge in [-0.05, 0) is 23.3 Å². The third kappa shape index (κ3) is 2.91. The van der Waals surface area contributed by atoms with Crippen molar-refractivity contribution in [2.24, 2.45) is 0 Å². The van der Waals surface area contributed by atoms with Gasteiger partial charge in [-0.15, -0.1) is 11.3 Å². The van der Waals surface area contributed by atoms with E-state index >= 15 is 0 Å². The van der Waals surface area contributed by atoms with E-state index in [-0.39, 0.29) is 16.9 Å². The number of rotatable bonds is 4. The number of hydrogen-bond acceptors (Lipinski definition) is 5. The van der Waals surface area contributed by atoms with Crippen molar-refractivity contribution in [1.29, 1.82) is 0 Å². The number of aromatic amines is 1.